The Balaban J connectivity index is 2.86. The van der Waals surface area contributed by atoms with E-state index in [-0.39, 0.29) is 11.3 Å². The van der Waals surface area contributed by atoms with Gasteiger partial charge in [-0.2, -0.15) is 17.6 Å². The van der Waals surface area contributed by atoms with Crippen molar-refractivity contribution in [2.24, 2.45) is 0 Å². The van der Waals surface area contributed by atoms with Gasteiger partial charge < -0.3 is 20.1 Å². The Morgan fingerprint density at radius 1 is 1.07 bits per heavy atom. The zero-order chi connectivity index (χ0) is 21.5. The van der Waals surface area contributed by atoms with Crippen LogP contribution < -0.4 is 20.1 Å². The van der Waals surface area contributed by atoms with Crippen LogP contribution in [0.3, 0.4) is 0 Å². The molecule has 0 aliphatic rings. The van der Waals surface area contributed by atoms with E-state index in [9.17, 15) is 27.2 Å². The van der Waals surface area contributed by atoms with Crippen LogP contribution in [0.2, 0.25) is 0 Å². The van der Waals surface area contributed by atoms with Gasteiger partial charge >= 0.3 is 13.2 Å². The van der Waals surface area contributed by atoms with E-state index in [1.54, 1.807) is 20.8 Å². The first-order chi connectivity index (χ1) is 12.9. The number of nitrogens with one attached hydrogen (secondary N) is 2. The van der Waals surface area contributed by atoms with Gasteiger partial charge in [-0.3, -0.25) is 9.59 Å². The number of hydrogen-bond donors (Lipinski definition) is 2. The van der Waals surface area contributed by atoms with Gasteiger partial charge in [0.05, 0.1) is 0 Å². The van der Waals surface area contributed by atoms with Crippen molar-refractivity contribution in [1.29, 1.82) is 0 Å². The minimum Gasteiger partial charge on any atom is -0.435 e. The van der Waals surface area contributed by atoms with Gasteiger partial charge in [0.25, 0.3) is 0 Å². The molecular weight excluding hydrogens is 384 g/mol. The van der Waals surface area contributed by atoms with Crippen molar-refractivity contribution in [3.63, 3.8) is 0 Å². The number of ether oxygens (including phenoxy) is 2. The summed E-state index contributed by atoms with van der Waals surface area (Å²) < 4.78 is 58.0. The molecule has 0 radical (unpaired) electrons. The maximum absolute atomic E-state index is 12.5. The first kappa shape index (κ1) is 23.3. The molecule has 0 aromatic heterocycles. The summed E-state index contributed by atoms with van der Waals surface area (Å²) in [5.41, 5.74) is -0.445. The van der Waals surface area contributed by atoms with Gasteiger partial charge in [-0.25, -0.2) is 0 Å². The second-order valence-electron chi connectivity index (χ2n) is 6.76. The molecular formula is C18H22F4N2O4. The van der Waals surface area contributed by atoms with Crippen LogP contribution in [0, 0.1) is 0 Å². The Morgan fingerprint density at radius 2 is 1.68 bits per heavy atom. The highest BCUT2D eigenvalue weighted by atomic mass is 19.3. The fourth-order valence-corrected chi connectivity index (χ4v) is 2.00. The van der Waals surface area contributed by atoms with Crippen molar-refractivity contribution < 1.29 is 36.6 Å². The lowest BCUT2D eigenvalue weighted by Gasteiger charge is -2.23. The largest absolute Gasteiger partial charge is 0.435 e. The van der Waals surface area contributed by atoms with Crippen molar-refractivity contribution in [3.8, 4) is 11.5 Å². The normalized spacial score (nSPS) is 12.9. The molecule has 156 valence electrons. The van der Waals surface area contributed by atoms with E-state index in [0.29, 0.717) is 0 Å². The molecule has 2 N–H and O–H groups in total. The molecule has 1 aromatic carbocycles. The Bertz CT molecular complexity index is 718. The lowest BCUT2D eigenvalue weighted by molar-refractivity contribution is -0.127. The van der Waals surface area contributed by atoms with Gasteiger partial charge in [0.1, 0.15) is 17.5 Å². The molecule has 0 spiro atoms. The third-order valence-electron chi connectivity index (χ3n) is 3.09. The predicted molar refractivity (Wildman–Crippen MR) is 94.2 cm³/mol. The fourth-order valence-electron chi connectivity index (χ4n) is 2.00. The van der Waals surface area contributed by atoms with Gasteiger partial charge in [-0.05, 0) is 45.9 Å². The minimum atomic E-state index is -3.20. The molecule has 0 heterocycles. The highest BCUT2D eigenvalue weighted by Gasteiger charge is 2.20. The topological polar surface area (TPSA) is 76.7 Å². The molecule has 6 nitrogen and oxygen atoms in total. The molecule has 0 saturated heterocycles. The van der Waals surface area contributed by atoms with Crippen LogP contribution in [0.15, 0.2) is 24.3 Å². The Hall–Kier alpha value is -2.78. The van der Waals surface area contributed by atoms with E-state index in [1.807, 2.05) is 0 Å². The van der Waals surface area contributed by atoms with E-state index in [0.717, 1.165) is 24.3 Å². The van der Waals surface area contributed by atoms with Gasteiger partial charge in [0, 0.05) is 23.2 Å². The molecule has 0 fully saturated rings. The van der Waals surface area contributed by atoms with E-state index in [2.05, 4.69) is 20.1 Å². The molecule has 1 unspecified atom stereocenters. The molecule has 1 rings (SSSR count). The standard InChI is InChI=1S/C18H22F4N2O4/c1-10(15(26)24-18(2,3)4)23-14(25)8-6-11-5-7-12(27-16(19)20)9-13(11)28-17(21)22/h5-10,16-17H,1-4H3,(H,23,25)(H,24,26)/b8-6+. The molecule has 28 heavy (non-hydrogen) atoms. The zero-order valence-corrected chi connectivity index (χ0v) is 15.8. The third-order valence-corrected chi connectivity index (χ3v) is 3.09. The molecule has 0 aliphatic heterocycles. The monoisotopic (exact) mass is 406 g/mol. The van der Waals surface area contributed by atoms with Crippen molar-refractivity contribution in [3.05, 3.63) is 29.8 Å². The number of amides is 2. The van der Waals surface area contributed by atoms with E-state index < -0.39 is 42.4 Å². The smallest absolute Gasteiger partial charge is 0.387 e. The number of carbonyl (C=O) groups excluding carboxylic acids is 2. The number of halogens is 4. The Labute approximate surface area is 159 Å². The second kappa shape index (κ2) is 9.95. The molecule has 0 bridgehead atoms. The highest BCUT2D eigenvalue weighted by molar-refractivity contribution is 5.95. The van der Waals surface area contributed by atoms with Crippen LogP contribution in [0.1, 0.15) is 33.3 Å². The van der Waals surface area contributed by atoms with E-state index >= 15 is 0 Å². The Morgan fingerprint density at radius 3 is 2.21 bits per heavy atom. The van der Waals surface area contributed by atoms with E-state index in [4.69, 9.17) is 0 Å². The van der Waals surface area contributed by atoms with Crippen molar-refractivity contribution in [2.45, 2.75) is 52.5 Å². The van der Waals surface area contributed by atoms with Crippen molar-refractivity contribution in [2.75, 3.05) is 0 Å². The summed E-state index contributed by atoms with van der Waals surface area (Å²) in [6, 6.07) is 2.31. The SMILES string of the molecule is CC(NC(=O)/C=C/c1ccc(OC(F)F)cc1OC(F)F)C(=O)NC(C)(C)C. The lowest BCUT2D eigenvalue weighted by Crippen LogP contribution is -2.50. The summed E-state index contributed by atoms with van der Waals surface area (Å²) in [7, 11) is 0. The lowest BCUT2D eigenvalue weighted by atomic mass is 10.1. The van der Waals surface area contributed by atoms with Crippen molar-refractivity contribution in [1.82, 2.24) is 10.6 Å². The Kier molecular flexibility index (Phi) is 8.27. The van der Waals surface area contributed by atoms with Crippen LogP contribution in [-0.2, 0) is 9.59 Å². The molecule has 10 heteroatoms. The minimum absolute atomic E-state index is 0.0314. The van der Waals surface area contributed by atoms with Crippen molar-refractivity contribution >= 4 is 17.9 Å². The third kappa shape index (κ3) is 8.74. The van der Waals surface area contributed by atoms with Gasteiger partial charge in [-0.15, -0.1) is 0 Å². The van der Waals surface area contributed by atoms with Crippen LogP contribution in [0.5, 0.6) is 11.5 Å². The quantitative estimate of drug-likeness (QED) is 0.513. The predicted octanol–water partition coefficient (Wildman–Crippen LogP) is 3.32. The van der Waals surface area contributed by atoms with E-state index in [1.165, 1.54) is 13.0 Å². The summed E-state index contributed by atoms with van der Waals surface area (Å²) in [5, 5.41) is 5.11. The molecule has 2 amide bonds. The zero-order valence-electron chi connectivity index (χ0n) is 15.8. The van der Waals surface area contributed by atoms with Gasteiger partial charge in [-0.1, -0.05) is 0 Å². The molecule has 1 atom stereocenters. The summed E-state index contributed by atoms with van der Waals surface area (Å²) in [5.74, 6) is -1.88. The summed E-state index contributed by atoms with van der Waals surface area (Å²) in [6.07, 6.45) is 2.15. The summed E-state index contributed by atoms with van der Waals surface area (Å²) >= 11 is 0. The maximum atomic E-state index is 12.5. The second-order valence-corrected chi connectivity index (χ2v) is 6.76. The highest BCUT2D eigenvalue weighted by Crippen LogP contribution is 2.28. The van der Waals surface area contributed by atoms with Crippen LogP contribution in [0.4, 0.5) is 17.6 Å². The fraction of sp³-hybridized carbons (Fsp3) is 0.444. The van der Waals surface area contributed by atoms with Gasteiger partial charge in [0.2, 0.25) is 11.8 Å². The van der Waals surface area contributed by atoms with Crippen LogP contribution >= 0.6 is 0 Å². The molecule has 0 aliphatic carbocycles. The van der Waals surface area contributed by atoms with Crippen LogP contribution in [-0.4, -0.2) is 36.6 Å². The number of benzene rings is 1. The molecule has 1 aromatic rings. The summed E-state index contributed by atoms with van der Waals surface area (Å²) in [6.45, 7) is 0.493. The van der Waals surface area contributed by atoms with Gasteiger partial charge in [0.15, 0.2) is 0 Å². The summed E-state index contributed by atoms with van der Waals surface area (Å²) in [4.78, 5) is 23.9. The number of hydrogen-bond acceptors (Lipinski definition) is 4. The molecule has 0 saturated carbocycles. The first-order valence-electron chi connectivity index (χ1n) is 8.21. The number of carbonyl (C=O) groups is 2. The number of rotatable bonds is 8. The first-order valence-corrected chi connectivity index (χ1v) is 8.21. The average Bonchev–Trinajstić information content (AvgIpc) is 2.51. The van der Waals surface area contributed by atoms with Crippen LogP contribution in [0.25, 0.3) is 6.08 Å². The average molecular weight is 406 g/mol. The number of alkyl halides is 4. The maximum Gasteiger partial charge on any atom is 0.387 e.